The van der Waals surface area contributed by atoms with Gasteiger partial charge in [-0.3, -0.25) is 4.79 Å². The molecule has 0 amide bonds. The maximum absolute atomic E-state index is 10.8. The van der Waals surface area contributed by atoms with Crippen molar-refractivity contribution in [1.29, 1.82) is 0 Å². The van der Waals surface area contributed by atoms with Crippen molar-refractivity contribution in [2.75, 3.05) is 0 Å². The summed E-state index contributed by atoms with van der Waals surface area (Å²) in [5.41, 5.74) is 0.715. The SMILES string of the molecule is C[C@H]1CC[C@H](Oc2ccc3cc(C=O)ccc3c2)CC1. The molecular weight excluding hydrogens is 248 g/mol. The summed E-state index contributed by atoms with van der Waals surface area (Å²) in [7, 11) is 0. The molecule has 2 aromatic rings. The Hall–Kier alpha value is -1.83. The molecule has 0 N–H and O–H groups in total. The summed E-state index contributed by atoms with van der Waals surface area (Å²) in [6.07, 6.45) is 6.08. The van der Waals surface area contributed by atoms with Crippen LogP contribution in [0.25, 0.3) is 10.8 Å². The van der Waals surface area contributed by atoms with Gasteiger partial charge in [0.05, 0.1) is 6.10 Å². The van der Waals surface area contributed by atoms with Gasteiger partial charge in [0.25, 0.3) is 0 Å². The van der Waals surface area contributed by atoms with Crippen molar-refractivity contribution in [2.24, 2.45) is 5.92 Å². The van der Waals surface area contributed by atoms with E-state index in [0.29, 0.717) is 11.7 Å². The van der Waals surface area contributed by atoms with Crippen molar-refractivity contribution in [3.63, 3.8) is 0 Å². The second-order valence-electron chi connectivity index (χ2n) is 5.89. The predicted octanol–water partition coefficient (Wildman–Crippen LogP) is 4.61. The minimum Gasteiger partial charge on any atom is -0.490 e. The third-order valence-electron chi connectivity index (χ3n) is 4.24. The van der Waals surface area contributed by atoms with Crippen LogP contribution in [0.4, 0.5) is 0 Å². The Morgan fingerprint density at radius 3 is 2.45 bits per heavy atom. The number of ether oxygens (including phenoxy) is 1. The molecule has 0 aromatic heterocycles. The van der Waals surface area contributed by atoms with E-state index in [4.69, 9.17) is 4.74 Å². The maximum Gasteiger partial charge on any atom is 0.150 e. The zero-order chi connectivity index (χ0) is 13.9. The summed E-state index contributed by atoms with van der Waals surface area (Å²) in [5, 5.41) is 2.21. The molecule has 1 aliphatic rings. The van der Waals surface area contributed by atoms with E-state index in [2.05, 4.69) is 13.0 Å². The van der Waals surface area contributed by atoms with Crippen LogP contribution in [0.3, 0.4) is 0 Å². The van der Waals surface area contributed by atoms with Crippen LogP contribution in [-0.2, 0) is 0 Å². The Balaban J connectivity index is 1.77. The van der Waals surface area contributed by atoms with E-state index in [0.717, 1.165) is 41.6 Å². The summed E-state index contributed by atoms with van der Waals surface area (Å²) >= 11 is 0. The molecule has 1 fully saturated rings. The van der Waals surface area contributed by atoms with E-state index in [1.54, 1.807) is 0 Å². The normalized spacial score (nSPS) is 22.6. The standard InChI is InChI=1S/C18H20O2/c1-13-2-7-17(8-3-13)20-18-9-6-15-10-14(12-19)4-5-16(15)11-18/h4-6,9-13,17H,2-3,7-8H2,1H3/t13-,17-. The first kappa shape index (κ1) is 13.2. The van der Waals surface area contributed by atoms with E-state index < -0.39 is 0 Å². The van der Waals surface area contributed by atoms with Crippen molar-refractivity contribution in [3.8, 4) is 5.75 Å². The second kappa shape index (κ2) is 5.66. The maximum atomic E-state index is 10.8. The van der Waals surface area contributed by atoms with Gasteiger partial charge in [0.1, 0.15) is 12.0 Å². The fourth-order valence-corrected chi connectivity index (χ4v) is 2.93. The lowest BCUT2D eigenvalue weighted by atomic mass is 9.89. The summed E-state index contributed by atoms with van der Waals surface area (Å²) in [5.74, 6) is 1.78. The van der Waals surface area contributed by atoms with Crippen molar-refractivity contribution < 1.29 is 9.53 Å². The van der Waals surface area contributed by atoms with Gasteiger partial charge in [0, 0.05) is 5.56 Å². The number of rotatable bonds is 3. The van der Waals surface area contributed by atoms with Gasteiger partial charge in [0.15, 0.2) is 0 Å². The van der Waals surface area contributed by atoms with Gasteiger partial charge >= 0.3 is 0 Å². The fourth-order valence-electron chi connectivity index (χ4n) is 2.93. The van der Waals surface area contributed by atoms with E-state index in [-0.39, 0.29) is 0 Å². The minimum atomic E-state index is 0.359. The highest BCUT2D eigenvalue weighted by atomic mass is 16.5. The van der Waals surface area contributed by atoms with Crippen molar-refractivity contribution in [3.05, 3.63) is 42.0 Å². The molecule has 2 nitrogen and oxygen atoms in total. The Labute approximate surface area is 119 Å². The zero-order valence-electron chi connectivity index (χ0n) is 11.8. The highest BCUT2D eigenvalue weighted by molar-refractivity contribution is 5.89. The molecule has 0 radical (unpaired) electrons. The first-order valence-electron chi connectivity index (χ1n) is 7.40. The van der Waals surface area contributed by atoms with E-state index >= 15 is 0 Å². The number of carbonyl (C=O) groups excluding carboxylic acids is 1. The molecule has 1 saturated carbocycles. The highest BCUT2D eigenvalue weighted by Gasteiger charge is 2.19. The molecule has 20 heavy (non-hydrogen) atoms. The van der Waals surface area contributed by atoms with Gasteiger partial charge in [-0.15, -0.1) is 0 Å². The topological polar surface area (TPSA) is 26.3 Å². The van der Waals surface area contributed by atoms with Crippen LogP contribution >= 0.6 is 0 Å². The Morgan fingerprint density at radius 1 is 1.00 bits per heavy atom. The highest BCUT2D eigenvalue weighted by Crippen LogP contribution is 2.28. The van der Waals surface area contributed by atoms with Crippen LogP contribution in [0.1, 0.15) is 43.0 Å². The predicted molar refractivity (Wildman–Crippen MR) is 81.4 cm³/mol. The van der Waals surface area contributed by atoms with Gasteiger partial charge < -0.3 is 4.74 Å². The summed E-state index contributed by atoms with van der Waals surface area (Å²) in [6.45, 7) is 2.32. The van der Waals surface area contributed by atoms with Crippen molar-refractivity contribution in [1.82, 2.24) is 0 Å². The van der Waals surface area contributed by atoms with E-state index in [9.17, 15) is 4.79 Å². The molecule has 0 spiro atoms. The number of fused-ring (bicyclic) bond motifs is 1. The number of benzene rings is 2. The third kappa shape index (κ3) is 2.84. The molecule has 3 rings (SSSR count). The number of hydrogen-bond acceptors (Lipinski definition) is 2. The molecule has 0 saturated heterocycles. The van der Waals surface area contributed by atoms with E-state index in [1.165, 1.54) is 12.8 Å². The minimum absolute atomic E-state index is 0.359. The van der Waals surface area contributed by atoms with Gasteiger partial charge in [-0.2, -0.15) is 0 Å². The molecule has 0 atom stereocenters. The number of hydrogen-bond donors (Lipinski definition) is 0. The lowest BCUT2D eigenvalue weighted by Crippen LogP contribution is -2.22. The van der Waals surface area contributed by atoms with E-state index in [1.807, 2.05) is 30.3 Å². The first-order chi connectivity index (χ1) is 9.74. The average Bonchev–Trinajstić information content (AvgIpc) is 2.49. The van der Waals surface area contributed by atoms with Crippen LogP contribution in [0, 0.1) is 5.92 Å². The second-order valence-corrected chi connectivity index (χ2v) is 5.89. The summed E-state index contributed by atoms with van der Waals surface area (Å²) in [4.78, 5) is 10.8. The van der Waals surface area contributed by atoms with Crippen LogP contribution in [0.2, 0.25) is 0 Å². The quantitative estimate of drug-likeness (QED) is 0.760. The Kier molecular flexibility index (Phi) is 3.72. The molecule has 2 heteroatoms. The van der Waals surface area contributed by atoms with Gasteiger partial charge in [-0.05, 0) is 60.6 Å². The largest absolute Gasteiger partial charge is 0.490 e. The fraction of sp³-hybridized carbons (Fsp3) is 0.389. The zero-order valence-corrected chi connectivity index (χ0v) is 11.8. The molecule has 2 aromatic carbocycles. The van der Waals surface area contributed by atoms with Crippen LogP contribution in [0.15, 0.2) is 36.4 Å². The summed E-state index contributed by atoms with van der Waals surface area (Å²) in [6, 6.07) is 11.9. The summed E-state index contributed by atoms with van der Waals surface area (Å²) < 4.78 is 6.10. The molecule has 0 bridgehead atoms. The lowest BCUT2D eigenvalue weighted by molar-refractivity contribution is 0.112. The van der Waals surface area contributed by atoms with Crippen LogP contribution in [0.5, 0.6) is 5.75 Å². The third-order valence-corrected chi connectivity index (χ3v) is 4.24. The molecule has 0 aliphatic heterocycles. The smallest absolute Gasteiger partial charge is 0.150 e. The van der Waals surface area contributed by atoms with Crippen LogP contribution in [-0.4, -0.2) is 12.4 Å². The Bertz CT molecular complexity index is 610. The Morgan fingerprint density at radius 2 is 1.70 bits per heavy atom. The number of carbonyl (C=O) groups is 1. The van der Waals surface area contributed by atoms with Gasteiger partial charge in [0.2, 0.25) is 0 Å². The van der Waals surface area contributed by atoms with Crippen LogP contribution < -0.4 is 4.74 Å². The number of aldehydes is 1. The van der Waals surface area contributed by atoms with Crippen molar-refractivity contribution in [2.45, 2.75) is 38.7 Å². The molecule has 0 unspecified atom stereocenters. The van der Waals surface area contributed by atoms with Gasteiger partial charge in [-0.1, -0.05) is 25.1 Å². The van der Waals surface area contributed by atoms with Gasteiger partial charge in [-0.25, -0.2) is 0 Å². The van der Waals surface area contributed by atoms with Crippen molar-refractivity contribution >= 4 is 17.1 Å². The molecule has 0 heterocycles. The molecule has 104 valence electrons. The monoisotopic (exact) mass is 268 g/mol. The lowest BCUT2D eigenvalue weighted by Gasteiger charge is -2.27. The first-order valence-corrected chi connectivity index (χ1v) is 7.40. The molecule has 1 aliphatic carbocycles. The molecular formula is C18H20O2. The average molecular weight is 268 g/mol.